The third-order valence-corrected chi connectivity index (χ3v) is 4.11. The highest BCUT2D eigenvalue weighted by atomic mass is 19.1. The molecular formula is C16H15F2N3O3. The first kappa shape index (κ1) is 16.1. The van der Waals surface area contributed by atoms with Crippen LogP contribution in [0.3, 0.4) is 0 Å². The normalized spacial score (nSPS) is 18.0. The highest BCUT2D eigenvalue weighted by Gasteiger charge is 2.23. The second-order valence-corrected chi connectivity index (χ2v) is 5.67. The van der Waals surface area contributed by atoms with Gasteiger partial charge in [-0.15, -0.1) is 0 Å². The van der Waals surface area contributed by atoms with Gasteiger partial charge >= 0.3 is 5.97 Å². The summed E-state index contributed by atoms with van der Waals surface area (Å²) in [5.41, 5.74) is 4.93. The summed E-state index contributed by atoms with van der Waals surface area (Å²) in [5.74, 6) is -2.11. The summed E-state index contributed by atoms with van der Waals surface area (Å²) < 4.78 is 28.3. The number of aromatic carboxylic acids is 1. The third kappa shape index (κ3) is 2.65. The smallest absolute Gasteiger partial charge is 0.341 e. The number of carboxylic acids is 1. The van der Waals surface area contributed by atoms with Gasteiger partial charge in [0, 0.05) is 36.9 Å². The molecule has 0 bridgehead atoms. The zero-order valence-corrected chi connectivity index (χ0v) is 12.6. The number of hydrogen-bond acceptors (Lipinski definition) is 4. The molecule has 0 radical (unpaired) electrons. The Hall–Kier alpha value is -2.74. The third-order valence-electron chi connectivity index (χ3n) is 4.11. The van der Waals surface area contributed by atoms with Crippen molar-refractivity contribution in [3.05, 3.63) is 46.3 Å². The zero-order valence-electron chi connectivity index (χ0n) is 12.6. The number of nitrogens with zero attached hydrogens (tertiary/aromatic N) is 2. The number of anilines is 1. The Labute approximate surface area is 135 Å². The fourth-order valence-electron chi connectivity index (χ4n) is 2.94. The van der Waals surface area contributed by atoms with Crippen LogP contribution in [-0.2, 0) is 0 Å². The number of aromatic nitrogens is 1. The first-order valence-electron chi connectivity index (χ1n) is 7.31. The summed E-state index contributed by atoms with van der Waals surface area (Å²) in [7, 11) is 0. The van der Waals surface area contributed by atoms with E-state index in [9.17, 15) is 18.4 Å². The molecule has 1 aromatic carbocycles. The number of fused-ring (bicyclic) bond motifs is 1. The predicted octanol–water partition coefficient (Wildman–Crippen LogP) is 1.77. The van der Waals surface area contributed by atoms with E-state index in [-0.39, 0.29) is 29.0 Å². The van der Waals surface area contributed by atoms with E-state index < -0.39 is 22.8 Å². The molecule has 3 rings (SSSR count). The van der Waals surface area contributed by atoms with Crippen molar-refractivity contribution in [2.24, 2.45) is 5.73 Å². The van der Waals surface area contributed by atoms with Crippen LogP contribution in [0.25, 0.3) is 17.1 Å². The SMILES string of the molecule is NC1CCN(c2cc3c(cc2F)c(=O)c(C(=O)O)cn3/C=C\F)C1. The van der Waals surface area contributed by atoms with Crippen LogP contribution in [0.15, 0.2) is 29.5 Å². The van der Waals surface area contributed by atoms with Crippen LogP contribution in [-0.4, -0.2) is 34.8 Å². The number of carbonyl (C=O) groups is 1. The number of halogens is 2. The lowest BCUT2D eigenvalue weighted by molar-refractivity contribution is 0.0695. The van der Waals surface area contributed by atoms with Gasteiger partial charge in [-0.3, -0.25) is 4.79 Å². The summed E-state index contributed by atoms with van der Waals surface area (Å²) >= 11 is 0. The van der Waals surface area contributed by atoms with Gasteiger partial charge in [-0.05, 0) is 18.6 Å². The molecule has 24 heavy (non-hydrogen) atoms. The maximum Gasteiger partial charge on any atom is 0.341 e. The minimum absolute atomic E-state index is 0.0672. The Kier molecular flexibility index (Phi) is 4.06. The van der Waals surface area contributed by atoms with Crippen molar-refractivity contribution in [3.63, 3.8) is 0 Å². The largest absolute Gasteiger partial charge is 0.477 e. The summed E-state index contributed by atoms with van der Waals surface area (Å²) in [6.45, 7) is 1.04. The van der Waals surface area contributed by atoms with E-state index in [2.05, 4.69) is 0 Å². The lowest BCUT2D eigenvalue weighted by Crippen LogP contribution is -2.27. The molecule has 1 aromatic heterocycles. The molecule has 1 aliphatic rings. The van der Waals surface area contributed by atoms with Gasteiger partial charge in [-0.1, -0.05) is 0 Å². The molecule has 0 spiro atoms. The Balaban J connectivity index is 2.28. The first-order valence-corrected chi connectivity index (χ1v) is 7.31. The molecule has 8 heteroatoms. The standard InChI is InChI=1S/C16H15F2N3O3/c17-2-4-21-8-11(16(23)24)15(22)10-5-12(18)14(6-13(10)21)20-3-1-9(19)7-20/h2,4-6,8-9H,1,3,7,19H2,(H,23,24)/b4-2-. The van der Waals surface area contributed by atoms with Crippen molar-refractivity contribution >= 4 is 28.8 Å². The van der Waals surface area contributed by atoms with Crippen LogP contribution in [0.2, 0.25) is 0 Å². The molecule has 6 nitrogen and oxygen atoms in total. The van der Waals surface area contributed by atoms with Crippen molar-refractivity contribution < 1.29 is 18.7 Å². The van der Waals surface area contributed by atoms with Gasteiger partial charge < -0.3 is 20.3 Å². The second-order valence-electron chi connectivity index (χ2n) is 5.67. The molecule has 0 amide bonds. The quantitative estimate of drug-likeness (QED) is 0.892. The van der Waals surface area contributed by atoms with Gasteiger partial charge in [0.05, 0.1) is 11.2 Å². The lowest BCUT2D eigenvalue weighted by Gasteiger charge is -2.20. The Morgan fingerprint density at radius 2 is 2.17 bits per heavy atom. The van der Waals surface area contributed by atoms with Crippen molar-refractivity contribution in [2.75, 3.05) is 18.0 Å². The van der Waals surface area contributed by atoms with E-state index in [0.717, 1.165) is 23.0 Å². The average Bonchev–Trinajstić information content (AvgIpc) is 2.96. The molecule has 1 atom stereocenters. The van der Waals surface area contributed by atoms with Gasteiger partial charge in [-0.25, -0.2) is 13.6 Å². The zero-order chi connectivity index (χ0) is 17.4. The molecule has 0 saturated carbocycles. The minimum atomic E-state index is -1.46. The van der Waals surface area contributed by atoms with Crippen LogP contribution in [0.4, 0.5) is 14.5 Å². The molecule has 2 aromatic rings. The number of hydrogen-bond donors (Lipinski definition) is 2. The number of pyridine rings is 1. The van der Waals surface area contributed by atoms with Crippen LogP contribution in [0.1, 0.15) is 16.8 Å². The minimum Gasteiger partial charge on any atom is -0.477 e. The molecule has 1 unspecified atom stereocenters. The summed E-state index contributed by atoms with van der Waals surface area (Å²) in [6.07, 6.45) is 2.91. The monoisotopic (exact) mass is 335 g/mol. The highest BCUT2D eigenvalue weighted by molar-refractivity contribution is 5.94. The fourth-order valence-corrected chi connectivity index (χ4v) is 2.94. The van der Waals surface area contributed by atoms with Crippen LogP contribution < -0.4 is 16.1 Å². The average molecular weight is 335 g/mol. The topological polar surface area (TPSA) is 88.6 Å². The molecule has 1 aliphatic heterocycles. The van der Waals surface area contributed by atoms with E-state index in [4.69, 9.17) is 10.8 Å². The fraction of sp³-hybridized carbons (Fsp3) is 0.250. The highest BCUT2D eigenvalue weighted by Crippen LogP contribution is 2.28. The molecule has 0 aliphatic carbocycles. The summed E-state index contributed by atoms with van der Waals surface area (Å²) in [6, 6.07) is 2.34. The molecule has 2 heterocycles. The second kappa shape index (κ2) is 6.04. The van der Waals surface area contributed by atoms with Gasteiger partial charge in [-0.2, -0.15) is 0 Å². The molecule has 1 saturated heterocycles. The predicted molar refractivity (Wildman–Crippen MR) is 86.4 cm³/mol. The van der Waals surface area contributed by atoms with Gasteiger partial charge in [0.2, 0.25) is 5.43 Å². The van der Waals surface area contributed by atoms with Gasteiger partial charge in [0.15, 0.2) is 0 Å². The molecule has 126 valence electrons. The van der Waals surface area contributed by atoms with E-state index in [1.807, 2.05) is 0 Å². The van der Waals surface area contributed by atoms with Crippen molar-refractivity contribution in [2.45, 2.75) is 12.5 Å². The van der Waals surface area contributed by atoms with Gasteiger partial charge in [0.1, 0.15) is 17.7 Å². The Morgan fingerprint density at radius 3 is 2.75 bits per heavy atom. The summed E-state index contributed by atoms with van der Waals surface area (Å²) in [5, 5.41) is 8.97. The molecular weight excluding hydrogens is 320 g/mol. The maximum atomic E-state index is 14.5. The number of benzene rings is 1. The maximum absolute atomic E-state index is 14.5. The molecule has 1 fully saturated rings. The Morgan fingerprint density at radius 1 is 1.42 bits per heavy atom. The van der Waals surface area contributed by atoms with E-state index in [1.54, 1.807) is 4.90 Å². The van der Waals surface area contributed by atoms with Crippen LogP contribution >= 0.6 is 0 Å². The van der Waals surface area contributed by atoms with Crippen molar-refractivity contribution in [1.82, 2.24) is 4.57 Å². The van der Waals surface area contributed by atoms with Crippen LogP contribution in [0.5, 0.6) is 0 Å². The Bertz CT molecular complexity index is 908. The summed E-state index contributed by atoms with van der Waals surface area (Å²) in [4.78, 5) is 25.2. The first-order chi connectivity index (χ1) is 11.4. The van der Waals surface area contributed by atoms with E-state index >= 15 is 0 Å². The van der Waals surface area contributed by atoms with Gasteiger partial charge in [0.25, 0.3) is 0 Å². The number of carboxylic acid groups (broad SMARTS) is 1. The van der Waals surface area contributed by atoms with Crippen LogP contribution in [0, 0.1) is 5.82 Å². The van der Waals surface area contributed by atoms with E-state index in [1.165, 1.54) is 6.07 Å². The van der Waals surface area contributed by atoms with Crippen molar-refractivity contribution in [3.8, 4) is 0 Å². The lowest BCUT2D eigenvalue weighted by atomic mass is 10.1. The van der Waals surface area contributed by atoms with Crippen molar-refractivity contribution in [1.29, 1.82) is 0 Å². The number of nitrogens with two attached hydrogens (primary N) is 1. The van der Waals surface area contributed by atoms with E-state index in [0.29, 0.717) is 19.5 Å². The number of rotatable bonds is 3. The molecule has 3 N–H and O–H groups in total.